The van der Waals surface area contributed by atoms with Crippen LogP contribution in [0.3, 0.4) is 0 Å². The normalized spacial score (nSPS) is 12.4. The molecule has 0 aliphatic carbocycles. The summed E-state index contributed by atoms with van der Waals surface area (Å²) in [6.07, 6.45) is 3.01. The molecule has 5 N–H and O–H groups in total. The van der Waals surface area contributed by atoms with Crippen LogP contribution in [0.4, 0.5) is 5.69 Å². The summed E-state index contributed by atoms with van der Waals surface area (Å²) in [5.41, 5.74) is 4.30. The number of nitrogens with zero attached hydrogens (tertiary/aromatic N) is 5. The largest absolute Gasteiger partial charge is 0.496 e. The van der Waals surface area contributed by atoms with Crippen molar-refractivity contribution in [3.8, 4) is 17.1 Å². The number of fused-ring (bicyclic) bond motifs is 1. The average Bonchev–Trinajstić information content (AvgIpc) is 4.30. The van der Waals surface area contributed by atoms with E-state index in [0.29, 0.717) is 97.7 Å². The molecule has 1 saturated heterocycles. The predicted octanol–water partition coefficient (Wildman–Crippen LogP) is 2.89. The molecular weight excluding hydrogens is 1070 g/mol. The van der Waals surface area contributed by atoms with Crippen LogP contribution in [-0.2, 0) is 65.5 Å². The summed E-state index contributed by atoms with van der Waals surface area (Å²) in [4.78, 5) is 93.0. The van der Waals surface area contributed by atoms with Gasteiger partial charge in [0.1, 0.15) is 43.0 Å². The molecule has 0 bridgehead atoms. The monoisotopic (exact) mass is 1130 g/mol. The van der Waals surface area contributed by atoms with Crippen molar-refractivity contribution in [1.82, 2.24) is 35.3 Å². The number of carbonyl (C=O) groups is 6. The van der Waals surface area contributed by atoms with Gasteiger partial charge in [0.25, 0.3) is 17.6 Å². The van der Waals surface area contributed by atoms with Gasteiger partial charge in [0.05, 0.1) is 119 Å². The number of H-pyrrole nitrogens is 1. The van der Waals surface area contributed by atoms with E-state index in [4.69, 9.17) is 61.8 Å². The van der Waals surface area contributed by atoms with E-state index in [1.54, 1.807) is 53.4 Å². The average molecular weight is 1130 g/mol. The van der Waals surface area contributed by atoms with Gasteiger partial charge in [-0.2, -0.15) is 0 Å². The van der Waals surface area contributed by atoms with Crippen LogP contribution in [0.15, 0.2) is 89.6 Å². The smallest absolute Gasteiger partial charge is 0.337 e. The summed E-state index contributed by atoms with van der Waals surface area (Å²) in [5.74, 6) is -3.12. The lowest BCUT2D eigenvalue weighted by Crippen LogP contribution is -2.52. The van der Waals surface area contributed by atoms with Gasteiger partial charge < -0.3 is 82.2 Å². The molecule has 1 aliphatic rings. The Labute approximate surface area is 462 Å². The van der Waals surface area contributed by atoms with Crippen LogP contribution in [0.25, 0.3) is 22.2 Å². The minimum Gasteiger partial charge on any atom is -0.496 e. The Bertz CT molecular complexity index is 2990. The Kier molecular flexibility index (Phi) is 23.9. The maximum absolute atomic E-state index is 13.7. The molecule has 0 radical (unpaired) electrons. The maximum Gasteiger partial charge on any atom is 0.337 e. The zero-order valence-corrected chi connectivity index (χ0v) is 44.2. The van der Waals surface area contributed by atoms with Crippen molar-refractivity contribution >= 4 is 52.0 Å². The number of ether oxygens (including phenoxy) is 9. The fourth-order valence-electron chi connectivity index (χ4n) is 7.83. The van der Waals surface area contributed by atoms with Crippen LogP contribution in [0.2, 0.25) is 0 Å². The molecule has 434 valence electrons. The molecule has 6 aromatic rings. The molecule has 4 heterocycles. The van der Waals surface area contributed by atoms with Gasteiger partial charge in [0, 0.05) is 43.5 Å². The highest BCUT2D eigenvalue weighted by Crippen LogP contribution is 2.37. The van der Waals surface area contributed by atoms with Crippen LogP contribution in [0.5, 0.6) is 5.75 Å². The SMILES string of the molecule is COc1ccc(-c2ccc(CNC(=O)COCCOCCOCCOCCOCCOn3cc(COCOCOCONc4ccc(C(=O)O)cc4C(=O)O)nn3)o2)c2[nH]cc(C(=O)C(=O)N3CCN(C(=O)c4ccccc4)CC3)c12. The van der Waals surface area contributed by atoms with Crippen molar-refractivity contribution in [2.45, 2.75) is 13.2 Å². The maximum atomic E-state index is 13.7. The number of aromatic amines is 1. The number of carboxylic acids is 2. The molecule has 7 rings (SSSR count). The number of ketones is 1. The Morgan fingerprint density at radius 2 is 1.35 bits per heavy atom. The number of hydrogen-bond acceptors (Lipinski definition) is 21. The number of furan rings is 1. The van der Waals surface area contributed by atoms with Gasteiger partial charge in [-0.1, -0.05) is 23.0 Å². The van der Waals surface area contributed by atoms with Gasteiger partial charge in [0.15, 0.2) is 13.6 Å². The van der Waals surface area contributed by atoms with Gasteiger partial charge in [0.2, 0.25) is 5.91 Å². The number of amides is 3. The van der Waals surface area contributed by atoms with Gasteiger partial charge in [-0.3, -0.25) is 24.7 Å². The second-order valence-electron chi connectivity index (χ2n) is 17.3. The lowest BCUT2D eigenvalue weighted by molar-refractivity contribution is -0.167. The second kappa shape index (κ2) is 32.1. The van der Waals surface area contributed by atoms with Crippen molar-refractivity contribution in [2.75, 3.05) is 132 Å². The number of Topliss-reactive ketones (excluding diaryl/α,β-unsaturated/α-hetero) is 1. The van der Waals surface area contributed by atoms with E-state index in [9.17, 15) is 33.9 Å². The lowest BCUT2D eigenvalue weighted by Gasteiger charge is -2.34. The van der Waals surface area contributed by atoms with Crippen LogP contribution in [-0.4, -0.2) is 202 Å². The third kappa shape index (κ3) is 18.4. The molecule has 3 aromatic heterocycles. The molecule has 0 saturated carbocycles. The number of nitrogens with one attached hydrogen (secondary N) is 3. The summed E-state index contributed by atoms with van der Waals surface area (Å²) >= 11 is 0. The predicted molar refractivity (Wildman–Crippen MR) is 280 cm³/mol. The third-order valence-electron chi connectivity index (χ3n) is 11.8. The van der Waals surface area contributed by atoms with E-state index in [2.05, 4.69) is 26.1 Å². The first kappa shape index (κ1) is 60.3. The number of anilines is 1. The number of carboxylic acid groups (broad SMARTS) is 2. The number of hydrogen-bond donors (Lipinski definition) is 5. The highest BCUT2D eigenvalue weighted by Gasteiger charge is 2.31. The van der Waals surface area contributed by atoms with Crippen LogP contribution < -0.4 is 20.4 Å². The van der Waals surface area contributed by atoms with Crippen molar-refractivity contribution in [3.05, 3.63) is 119 Å². The van der Waals surface area contributed by atoms with Crippen LogP contribution in [0, 0.1) is 0 Å². The summed E-state index contributed by atoms with van der Waals surface area (Å²) in [5, 5.41) is 29.3. The molecule has 0 spiro atoms. The number of benzene rings is 3. The van der Waals surface area contributed by atoms with E-state index in [1.165, 1.54) is 41.4 Å². The minimum atomic E-state index is -1.33. The molecule has 28 nitrogen and oxygen atoms in total. The lowest BCUT2D eigenvalue weighted by atomic mass is 10.0. The molecule has 28 heteroatoms. The summed E-state index contributed by atoms with van der Waals surface area (Å²) in [7, 11) is 1.48. The molecule has 0 unspecified atom stereocenters. The third-order valence-corrected chi connectivity index (χ3v) is 11.8. The Morgan fingerprint density at radius 1 is 0.679 bits per heavy atom. The summed E-state index contributed by atoms with van der Waals surface area (Å²) in [6.45, 7) is 3.41. The zero-order valence-electron chi connectivity index (χ0n) is 44.2. The molecule has 3 aromatic carbocycles. The first-order valence-electron chi connectivity index (χ1n) is 25.4. The Balaban J connectivity index is 0.651. The molecule has 81 heavy (non-hydrogen) atoms. The van der Waals surface area contributed by atoms with Gasteiger partial charge in [-0.25, -0.2) is 14.4 Å². The molecular formula is C53H62N8O20. The quantitative estimate of drug-likeness (QED) is 0.0123. The van der Waals surface area contributed by atoms with Crippen molar-refractivity contribution in [3.63, 3.8) is 0 Å². The highest BCUT2D eigenvalue weighted by molar-refractivity contribution is 6.45. The first-order valence-corrected chi connectivity index (χ1v) is 25.4. The Hall–Kier alpha value is -8.32. The molecule has 0 atom stereocenters. The molecule has 3 amide bonds. The number of rotatable bonds is 37. The number of piperazine rings is 1. The summed E-state index contributed by atoms with van der Waals surface area (Å²) < 4.78 is 54.8. The minimum absolute atomic E-state index is 0.0454. The van der Waals surface area contributed by atoms with E-state index in [0.717, 1.165) is 6.07 Å². The van der Waals surface area contributed by atoms with E-state index < -0.39 is 23.6 Å². The number of methoxy groups -OCH3 is 1. The molecule has 1 aliphatic heterocycles. The van der Waals surface area contributed by atoms with Gasteiger partial charge in [-0.05, 0) is 59.8 Å². The first-order chi connectivity index (χ1) is 39.5. The number of aromatic carboxylic acids is 2. The topological polar surface area (TPSA) is 335 Å². The van der Waals surface area contributed by atoms with E-state index in [1.807, 2.05) is 6.07 Å². The fourth-order valence-corrected chi connectivity index (χ4v) is 7.83. The highest BCUT2D eigenvalue weighted by atomic mass is 16.8. The van der Waals surface area contributed by atoms with Crippen molar-refractivity contribution in [2.24, 2.45) is 0 Å². The Morgan fingerprint density at radius 3 is 2.04 bits per heavy atom. The fraction of sp³-hybridized carbons (Fsp3) is 0.396. The zero-order chi connectivity index (χ0) is 57.2. The second-order valence-corrected chi connectivity index (χ2v) is 17.3. The molecule has 1 fully saturated rings. The van der Waals surface area contributed by atoms with Crippen LogP contribution in [0.1, 0.15) is 52.9 Å². The van der Waals surface area contributed by atoms with Crippen molar-refractivity contribution in [1.29, 1.82) is 0 Å². The van der Waals surface area contributed by atoms with E-state index >= 15 is 0 Å². The van der Waals surface area contributed by atoms with Crippen molar-refractivity contribution < 1.29 is 95.7 Å². The van der Waals surface area contributed by atoms with Crippen LogP contribution >= 0.6 is 0 Å². The number of aromatic nitrogens is 4. The van der Waals surface area contributed by atoms with E-state index in [-0.39, 0.29) is 114 Å². The van der Waals surface area contributed by atoms with Gasteiger partial charge >= 0.3 is 11.9 Å². The number of carbonyl (C=O) groups excluding carboxylic acids is 4. The van der Waals surface area contributed by atoms with Gasteiger partial charge in [-0.15, -0.1) is 5.10 Å². The standard InChI is InChI=1S/C53H62N8O20/c1-70-45-12-9-40(48-47(45)42(29-55-48)49(63)51(65)60-15-13-59(14-16-60)50(64)36-5-3-2-4-6-36)44-11-8-39(81-44)28-54-46(62)32-75-24-23-73-20-19-71-17-18-72-21-22-74-25-26-80-61-30-38(56-58-61)31-76-33-77-34-78-35-79-57-43-10-7-37(52(66)67)27-41(43)53(68)69/h2-12,27,29-30,55,57H,13-26,28,31-35H2,1H3,(H,54,62)(H,66,67)(H,68,69). The summed E-state index contributed by atoms with van der Waals surface area (Å²) in [6, 6.07) is 19.4.